The van der Waals surface area contributed by atoms with Crippen LogP contribution < -0.4 is 5.32 Å². The third-order valence-corrected chi connectivity index (χ3v) is 3.79. The van der Waals surface area contributed by atoms with Crippen molar-refractivity contribution in [1.29, 1.82) is 0 Å². The zero-order chi connectivity index (χ0) is 14.9. The number of carbonyl (C=O) groups excluding carboxylic acids is 1. The number of aryl methyl sites for hydroxylation is 2. The molecular formula is C14H18F3NO2. The Kier molecular flexibility index (Phi) is 4.11. The average molecular weight is 289 g/mol. The molecule has 2 rings (SSSR count). The lowest BCUT2D eigenvalue weighted by atomic mass is 9.84. The second kappa shape index (κ2) is 5.50. The summed E-state index contributed by atoms with van der Waals surface area (Å²) < 4.78 is 44.1. The number of carbonyl (C=O) groups is 1. The van der Waals surface area contributed by atoms with Crippen LogP contribution in [0.2, 0.25) is 0 Å². The molecule has 3 nitrogen and oxygen atoms in total. The van der Waals surface area contributed by atoms with Gasteiger partial charge in [0.1, 0.15) is 11.5 Å². The Bertz CT molecular complexity index is 493. The smallest absolute Gasteiger partial charge is 0.393 e. The largest absolute Gasteiger partial charge is 0.466 e. The van der Waals surface area contributed by atoms with Crippen molar-refractivity contribution in [2.75, 3.05) is 0 Å². The van der Waals surface area contributed by atoms with Crippen LogP contribution >= 0.6 is 0 Å². The summed E-state index contributed by atoms with van der Waals surface area (Å²) in [6.07, 6.45) is -2.55. The Balaban J connectivity index is 2.11. The fraction of sp³-hybridized carbons (Fsp3) is 0.643. The van der Waals surface area contributed by atoms with Crippen molar-refractivity contribution in [1.82, 2.24) is 5.32 Å². The summed E-state index contributed by atoms with van der Waals surface area (Å²) in [7, 11) is 0. The number of hydrogen-bond acceptors (Lipinski definition) is 2. The Morgan fingerprint density at radius 2 is 1.95 bits per heavy atom. The molecular weight excluding hydrogens is 271 g/mol. The van der Waals surface area contributed by atoms with Crippen molar-refractivity contribution in [2.45, 2.75) is 51.7 Å². The summed E-state index contributed by atoms with van der Waals surface area (Å²) in [6.45, 7) is 3.33. The van der Waals surface area contributed by atoms with Gasteiger partial charge in [-0.05, 0) is 32.8 Å². The van der Waals surface area contributed by atoms with E-state index in [1.165, 1.54) is 0 Å². The third kappa shape index (κ3) is 3.16. The highest BCUT2D eigenvalue weighted by Gasteiger charge is 2.46. The van der Waals surface area contributed by atoms with Crippen LogP contribution in [-0.2, 0) is 0 Å². The minimum atomic E-state index is -4.26. The van der Waals surface area contributed by atoms with Crippen LogP contribution in [0.15, 0.2) is 10.5 Å². The highest BCUT2D eigenvalue weighted by molar-refractivity contribution is 5.95. The Hall–Kier alpha value is -1.46. The van der Waals surface area contributed by atoms with Gasteiger partial charge in [-0.3, -0.25) is 4.79 Å². The van der Waals surface area contributed by atoms with Crippen molar-refractivity contribution in [3.63, 3.8) is 0 Å². The average Bonchev–Trinajstić information content (AvgIpc) is 2.68. The lowest BCUT2D eigenvalue weighted by molar-refractivity contribution is -0.187. The second-order valence-corrected chi connectivity index (χ2v) is 5.34. The van der Waals surface area contributed by atoms with E-state index in [2.05, 4.69) is 5.32 Å². The molecule has 1 amide bonds. The van der Waals surface area contributed by atoms with Gasteiger partial charge < -0.3 is 9.73 Å². The maximum Gasteiger partial charge on any atom is 0.393 e. The first-order chi connectivity index (χ1) is 9.29. The molecule has 1 aromatic rings. The molecule has 1 aliphatic rings. The number of amides is 1. The fourth-order valence-corrected chi connectivity index (χ4v) is 2.80. The maximum absolute atomic E-state index is 13.0. The third-order valence-electron chi connectivity index (χ3n) is 3.79. The predicted octanol–water partition coefficient (Wildman–Crippen LogP) is 3.75. The first-order valence-corrected chi connectivity index (χ1v) is 6.73. The molecule has 0 radical (unpaired) electrons. The lowest BCUT2D eigenvalue weighted by Crippen LogP contribution is -2.47. The van der Waals surface area contributed by atoms with Gasteiger partial charge in [0.25, 0.3) is 5.91 Å². The molecule has 6 heteroatoms. The highest BCUT2D eigenvalue weighted by Crippen LogP contribution is 2.37. The summed E-state index contributed by atoms with van der Waals surface area (Å²) in [4.78, 5) is 12.1. The van der Waals surface area contributed by atoms with Gasteiger partial charge in [0.2, 0.25) is 0 Å². The first kappa shape index (κ1) is 14.9. The Morgan fingerprint density at radius 3 is 2.50 bits per heavy atom. The molecule has 1 heterocycles. The quantitative estimate of drug-likeness (QED) is 0.901. The SMILES string of the molecule is Cc1cc(C(=O)N[C@H]2CCCC[C@@H]2C(F)(F)F)c(C)o1. The summed E-state index contributed by atoms with van der Waals surface area (Å²) in [5.74, 6) is -0.933. The number of furan rings is 1. The van der Waals surface area contributed by atoms with Gasteiger partial charge in [-0.1, -0.05) is 12.8 Å². The van der Waals surface area contributed by atoms with Crippen molar-refractivity contribution in [3.8, 4) is 0 Å². The van der Waals surface area contributed by atoms with Crippen molar-refractivity contribution in [3.05, 3.63) is 23.2 Å². The maximum atomic E-state index is 13.0. The zero-order valence-electron chi connectivity index (χ0n) is 11.5. The first-order valence-electron chi connectivity index (χ1n) is 6.73. The topological polar surface area (TPSA) is 42.2 Å². The van der Waals surface area contributed by atoms with Crippen LogP contribution in [0.1, 0.15) is 47.6 Å². The normalized spacial score (nSPS) is 23.6. The van der Waals surface area contributed by atoms with E-state index in [0.717, 1.165) is 0 Å². The van der Waals surface area contributed by atoms with E-state index in [1.54, 1.807) is 19.9 Å². The molecule has 0 aromatic carbocycles. The van der Waals surface area contributed by atoms with Gasteiger partial charge >= 0.3 is 6.18 Å². The number of alkyl halides is 3. The molecule has 20 heavy (non-hydrogen) atoms. The minimum Gasteiger partial charge on any atom is -0.466 e. The molecule has 0 unspecified atom stereocenters. The van der Waals surface area contributed by atoms with E-state index < -0.39 is 24.0 Å². The molecule has 0 bridgehead atoms. The predicted molar refractivity (Wildman–Crippen MR) is 67.4 cm³/mol. The number of nitrogens with one attached hydrogen (secondary N) is 1. The van der Waals surface area contributed by atoms with Crippen LogP contribution in [0.3, 0.4) is 0 Å². The summed E-state index contributed by atoms with van der Waals surface area (Å²) in [6, 6.07) is 0.710. The van der Waals surface area contributed by atoms with Crippen LogP contribution in [0, 0.1) is 19.8 Å². The number of rotatable bonds is 2. The van der Waals surface area contributed by atoms with Crippen molar-refractivity contribution >= 4 is 5.91 Å². The highest BCUT2D eigenvalue weighted by atomic mass is 19.4. The van der Waals surface area contributed by atoms with E-state index in [-0.39, 0.29) is 6.42 Å². The van der Waals surface area contributed by atoms with Crippen LogP contribution in [-0.4, -0.2) is 18.1 Å². The van der Waals surface area contributed by atoms with E-state index in [9.17, 15) is 18.0 Å². The van der Waals surface area contributed by atoms with Gasteiger partial charge in [-0.15, -0.1) is 0 Å². The standard InChI is InChI=1S/C14H18F3NO2/c1-8-7-10(9(2)20-8)13(19)18-12-6-4-3-5-11(12)14(15,16)17/h7,11-12H,3-6H2,1-2H3,(H,18,19)/t11-,12-/m0/s1. The number of hydrogen-bond donors (Lipinski definition) is 1. The van der Waals surface area contributed by atoms with Crippen LogP contribution in [0.5, 0.6) is 0 Å². The van der Waals surface area contributed by atoms with Crippen molar-refractivity contribution < 1.29 is 22.4 Å². The lowest BCUT2D eigenvalue weighted by Gasteiger charge is -2.33. The zero-order valence-corrected chi connectivity index (χ0v) is 11.5. The van der Waals surface area contributed by atoms with Crippen LogP contribution in [0.25, 0.3) is 0 Å². The second-order valence-electron chi connectivity index (χ2n) is 5.34. The molecule has 1 fully saturated rings. The Labute approximate surface area is 115 Å². The molecule has 0 spiro atoms. The van der Waals surface area contributed by atoms with Gasteiger partial charge in [0, 0.05) is 6.04 Å². The van der Waals surface area contributed by atoms with Gasteiger partial charge in [-0.2, -0.15) is 13.2 Å². The summed E-state index contributed by atoms with van der Waals surface area (Å²) >= 11 is 0. The molecule has 1 saturated carbocycles. The minimum absolute atomic E-state index is 0.0812. The molecule has 1 aliphatic carbocycles. The monoisotopic (exact) mass is 289 g/mol. The van der Waals surface area contributed by atoms with E-state index in [1.807, 2.05) is 0 Å². The molecule has 2 atom stereocenters. The van der Waals surface area contributed by atoms with Crippen LogP contribution in [0.4, 0.5) is 13.2 Å². The fourth-order valence-electron chi connectivity index (χ4n) is 2.80. The van der Waals surface area contributed by atoms with Gasteiger partial charge in [-0.25, -0.2) is 0 Å². The Morgan fingerprint density at radius 1 is 1.30 bits per heavy atom. The molecule has 0 aliphatic heterocycles. The van der Waals surface area contributed by atoms with Crippen molar-refractivity contribution in [2.24, 2.45) is 5.92 Å². The molecule has 112 valence electrons. The molecule has 0 saturated heterocycles. The van der Waals surface area contributed by atoms with E-state index in [4.69, 9.17) is 4.42 Å². The van der Waals surface area contributed by atoms with Gasteiger partial charge in [0.15, 0.2) is 0 Å². The van der Waals surface area contributed by atoms with E-state index in [0.29, 0.717) is 36.3 Å². The van der Waals surface area contributed by atoms with Gasteiger partial charge in [0.05, 0.1) is 11.5 Å². The molecule has 1 aromatic heterocycles. The van der Waals surface area contributed by atoms with E-state index >= 15 is 0 Å². The number of halogens is 3. The summed E-state index contributed by atoms with van der Waals surface area (Å²) in [5, 5.41) is 2.53. The molecule has 1 N–H and O–H groups in total. The summed E-state index contributed by atoms with van der Waals surface area (Å²) in [5.41, 5.74) is 0.314.